The van der Waals surface area contributed by atoms with E-state index in [1.807, 2.05) is 0 Å². The largest absolute Gasteiger partial charge is 0.478 e. The number of nitrogens with zero attached hydrogens (tertiary/aromatic N) is 1. The van der Waals surface area contributed by atoms with E-state index in [4.69, 9.17) is 5.11 Å². The third-order valence-electron chi connectivity index (χ3n) is 4.13. The van der Waals surface area contributed by atoms with Crippen molar-refractivity contribution >= 4 is 12.0 Å². The summed E-state index contributed by atoms with van der Waals surface area (Å²) < 4.78 is 13.4. The smallest absolute Gasteiger partial charge is 0.328 e. The SMILES string of the molecule is CC1CCC(C)N(Cc2ccc(F)cc2C=CC(=O)O)C1. The summed E-state index contributed by atoms with van der Waals surface area (Å²) in [5.74, 6) is -0.700. The Morgan fingerprint density at radius 2 is 2.19 bits per heavy atom. The summed E-state index contributed by atoms with van der Waals surface area (Å²) in [6, 6.07) is 5.09. The number of rotatable bonds is 4. The Morgan fingerprint density at radius 1 is 1.43 bits per heavy atom. The van der Waals surface area contributed by atoms with Gasteiger partial charge in [0, 0.05) is 25.2 Å². The molecule has 0 radical (unpaired) electrons. The van der Waals surface area contributed by atoms with Gasteiger partial charge in [-0.2, -0.15) is 0 Å². The highest BCUT2D eigenvalue weighted by Gasteiger charge is 2.23. The Morgan fingerprint density at radius 3 is 2.90 bits per heavy atom. The van der Waals surface area contributed by atoms with Gasteiger partial charge in [0.2, 0.25) is 0 Å². The monoisotopic (exact) mass is 291 g/mol. The summed E-state index contributed by atoms with van der Waals surface area (Å²) in [7, 11) is 0. The molecular weight excluding hydrogens is 269 g/mol. The van der Waals surface area contributed by atoms with E-state index in [0.29, 0.717) is 17.5 Å². The first-order chi connectivity index (χ1) is 9.95. The topological polar surface area (TPSA) is 40.5 Å². The quantitative estimate of drug-likeness (QED) is 0.863. The first-order valence-electron chi connectivity index (χ1n) is 7.39. The maximum atomic E-state index is 13.4. The van der Waals surface area contributed by atoms with Crippen molar-refractivity contribution in [2.24, 2.45) is 5.92 Å². The Kier molecular flexibility index (Phi) is 5.12. The zero-order valence-electron chi connectivity index (χ0n) is 12.6. The molecule has 0 saturated carbocycles. The average Bonchev–Trinajstić information content (AvgIpc) is 2.43. The maximum Gasteiger partial charge on any atom is 0.328 e. The number of carbonyl (C=O) groups is 1. The summed E-state index contributed by atoms with van der Waals surface area (Å²) in [6.45, 7) is 6.21. The predicted octanol–water partition coefficient (Wildman–Crippen LogP) is 3.54. The van der Waals surface area contributed by atoms with Crippen molar-refractivity contribution in [3.05, 3.63) is 41.2 Å². The van der Waals surface area contributed by atoms with Gasteiger partial charge in [0.15, 0.2) is 0 Å². The summed E-state index contributed by atoms with van der Waals surface area (Å²) in [5.41, 5.74) is 1.61. The number of carboxylic acids is 1. The van der Waals surface area contributed by atoms with Crippen molar-refractivity contribution in [2.75, 3.05) is 6.54 Å². The minimum absolute atomic E-state index is 0.344. The Bertz CT molecular complexity index is 542. The van der Waals surface area contributed by atoms with Gasteiger partial charge in [-0.3, -0.25) is 4.90 Å². The van der Waals surface area contributed by atoms with Crippen LogP contribution in [0.3, 0.4) is 0 Å². The molecule has 1 heterocycles. The van der Waals surface area contributed by atoms with Gasteiger partial charge in [0.05, 0.1) is 0 Å². The van der Waals surface area contributed by atoms with Crippen molar-refractivity contribution < 1.29 is 14.3 Å². The summed E-state index contributed by atoms with van der Waals surface area (Å²) in [4.78, 5) is 13.1. The molecule has 1 aromatic rings. The molecule has 1 aliphatic heterocycles. The van der Waals surface area contributed by atoms with Crippen LogP contribution in [0.5, 0.6) is 0 Å². The van der Waals surface area contributed by atoms with Crippen LogP contribution in [0.2, 0.25) is 0 Å². The molecule has 2 rings (SSSR count). The first-order valence-corrected chi connectivity index (χ1v) is 7.39. The molecule has 2 atom stereocenters. The number of piperidine rings is 1. The normalized spacial score (nSPS) is 23.6. The van der Waals surface area contributed by atoms with E-state index in [-0.39, 0.29) is 5.82 Å². The van der Waals surface area contributed by atoms with E-state index < -0.39 is 5.97 Å². The van der Waals surface area contributed by atoms with Gasteiger partial charge in [-0.05, 0) is 55.0 Å². The Labute approximate surface area is 125 Å². The summed E-state index contributed by atoms with van der Waals surface area (Å²) in [6.07, 6.45) is 4.94. The van der Waals surface area contributed by atoms with Crippen molar-refractivity contribution in [2.45, 2.75) is 39.3 Å². The molecule has 114 valence electrons. The highest BCUT2D eigenvalue weighted by molar-refractivity contribution is 5.85. The fourth-order valence-electron chi connectivity index (χ4n) is 2.85. The molecule has 1 N–H and O–H groups in total. The van der Waals surface area contributed by atoms with Gasteiger partial charge in [0.25, 0.3) is 0 Å². The fourth-order valence-corrected chi connectivity index (χ4v) is 2.85. The molecule has 4 heteroatoms. The van der Waals surface area contributed by atoms with E-state index in [1.54, 1.807) is 6.07 Å². The van der Waals surface area contributed by atoms with Crippen molar-refractivity contribution in [1.29, 1.82) is 0 Å². The summed E-state index contributed by atoms with van der Waals surface area (Å²) >= 11 is 0. The molecule has 2 unspecified atom stereocenters. The predicted molar refractivity (Wildman–Crippen MR) is 81.3 cm³/mol. The number of hydrogen-bond donors (Lipinski definition) is 1. The molecule has 1 aromatic carbocycles. The van der Waals surface area contributed by atoms with Crippen LogP contribution in [0.15, 0.2) is 24.3 Å². The van der Waals surface area contributed by atoms with Gasteiger partial charge in [-0.25, -0.2) is 9.18 Å². The summed E-state index contributed by atoms with van der Waals surface area (Å²) in [5, 5.41) is 8.74. The van der Waals surface area contributed by atoms with Gasteiger partial charge >= 0.3 is 5.97 Å². The Hall–Kier alpha value is -1.68. The molecule has 0 aliphatic carbocycles. The minimum Gasteiger partial charge on any atom is -0.478 e. The number of benzene rings is 1. The second-order valence-corrected chi connectivity index (χ2v) is 5.98. The molecule has 1 fully saturated rings. The fraction of sp³-hybridized carbons (Fsp3) is 0.471. The third-order valence-corrected chi connectivity index (χ3v) is 4.13. The van der Waals surface area contributed by atoms with Crippen molar-refractivity contribution in [3.63, 3.8) is 0 Å². The molecule has 0 aromatic heterocycles. The number of aliphatic carboxylic acids is 1. The maximum absolute atomic E-state index is 13.4. The highest BCUT2D eigenvalue weighted by Crippen LogP contribution is 2.25. The molecule has 1 saturated heterocycles. The van der Waals surface area contributed by atoms with Gasteiger partial charge < -0.3 is 5.11 Å². The van der Waals surface area contributed by atoms with Crippen LogP contribution in [0.1, 0.15) is 37.8 Å². The van der Waals surface area contributed by atoms with E-state index in [0.717, 1.165) is 24.7 Å². The zero-order chi connectivity index (χ0) is 15.4. The minimum atomic E-state index is -1.02. The van der Waals surface area contributed by atoms with E-state index in [1.165, 1.54) is 31.1 Å². The van der Waals surface area contributed by atoms with Crippen molar-refractivity contribution in [3.8, 4) is 0 Å². The lowest BCUT2D eigenvalue weighted by molar-refractivity contribution is -0.131. The average molecular weight is 291 g/mol. The van der Waals surface area contributed by atoms with Crippen molar-refractivity contribution in [1.82, 2.24) is 4.90 Å². The van der Waals surface area contributed by atoms with Crippen LogP contribution in [0.4, 0.5) is 4.39 Å². The first kappa shape index (κ1) is 15.7. The third kappa shape index (κ3) is 4.39. The van der Waals surface area contributed by atoms with Crippen LogP contribution in [0, 0.1) is 11.7 Å². The second kappa shape index (κ2) is 6.85. The number of likely N-dealkylation sites (tertiary alicyclic amines) is 1. The zero-order valence-corrected chi connectivity index (χ0v) is 12.6. The lowest BCUT2D eigenvalue weighted by Crippen LogP contribution is -2.40. The van der Waals surface area contributed by atoms with E-state index >= 15 is 0 Å². The van der Waals surface area contributed by atoms with E-state index in [2.05, 4.69) is 18.7 Å². The molecule has 0 spiro atoms. The van der Waals surface area contributed by atoms with Crippen LogP contribution in [-0.4, -0.2) is 28.6 Å². The van der Waals surface area contributed by atoms with Crippen LogP contribution < -0.4 is 0 Å². The Balaban J connectivity index is 2.20. The van der Waals surface area contributed by atoms with Crippen LogP contribution >= 0.6 is 0 Å². The molecule has 3 nitrogen and oxygen atoms in total. The number of halogens is 1. The molecule has 0 bridgehead atoms. The number of hydrogen-bond acceptors (Lipinski definition) is 2. The standard InChI is InChI=1S/C17H22FNO2/c1-12-3-4-13(2)19(10-12)11-15-5-7-16(18)9-14(15)6-8-17(20)21/h5-9,12-13H,3-4,10-11H2,1-2H3,(H,20,21). The molecule has 21 heavy (non-hydrogen) atoms. The number of carboxylic acid groups (broad SMARTS) is 1. The lowest BCUT2D eigenvalue weighted by Gasteiger charge is -2.37. The van der Waals surface area contributed by atoms with Gasteiger partial charge in [-0.1, -0.05) is 13.0 Å². The van der Waals surface area contributed by atoms with E-state index in [9.17, 15) is 9.18 Å². The molecule has 0 amide bonds. The second-order valence-electron chi connectivity index (χ2n) is 5.98. The molecular formula is C17H22FNO2. The van der Waals surface area contributed by atoms with Gasteiger partial charge in [0.1, 0.15) is 5.82 Å². The van der Waals surface area contributed by atoms with Crippen LogP contribution in [0.25, 0.3) is 6.08 Å². The lowest BCUT2D eigenvalue weighted by atomic mass is 9.94. The molecule has 1 aliphatic rings. The van der Waals surface area contributed by atoms with Gasteiger partial charge in [-0.15, -0.1) is 0 Å². The highest BCUT2D eigenvalue weighted by atomic mass is 19.1. The van der Waals surface area contributed by atoms with Crippen LogP contribution in [-0.2, 0) is 11.3 Å².